The number of anilines is 2. The third-order valence-corrected chi connectivity index (χ3v) is 3.13. The Balaban J connectivity index is 0.000000160. The molecule has 13 heteroatoms. The minimum Gasteiger partial charge on any atom is -0.758 e. The molecule has 23 heavy (non-hydrogen) atoms. The predicted molar refractivity (Wildman–Crippen MR) is 83.5 cm³/mol. The zero-order chi connectivity index (χ0) is 15.7. The summed E-state index contributed by atoms with van der Waals surface area (Å²) in [6.45, 7) is 0. The Morgan fingerprint density at radius 3 is 1.52 bits per heavy atom. The quantitative estimate of drug-likeness (QED) is 0.176. The van der Waals surface area contributed by atoms with E-state index in [9.17, 15) is 0 Å². The van der Waals surface area contributed by atoms with Crippen LogP contribution in [0.4, 0.5) is 11.9 Å². The van der Waals surface area contributed by atoms with Crippen molar-refractivity contribution in [2.75, 3.05) is 11.5 Å². The molecular weight excluding hydrogens is 519 g/mol. The Labute approximate surface area is 154 Å². The van der Waals surface area contributed by atoms with Crippen molar-refractivity contribution in [3.63, 3.8) is 0 Å². The van der Waals surface area contributed by atoms with Crippen LogP contribution >= 0.6 is 0 Å². The van der Waals surface area contributed by atoms with Gasteiger partial charge in [-0.1, -0.05) is 10.1 Å². The summed E-state index contributed by atoms with van der Waals surface area (Å²) in [5, 5.41) is 0.815. The first-order valence-electron chi connectivity index (χ1n) is 5.82. The number of hydrogen-bond donors (Lipinski definition) is 4. The molecule has 4 heterocycles. The minimum atomic E-state index is 0. The van der Waals surface area contributed by atoms with Gasteiger partial charge in [0.2, 0.25) is 11.9 Å². The largest absolute Gasteiger partial charge is 2.00 e. The van der Waals surface area contributed by atoms with Crippen molar-refractivity contribution in [3.8, 4) is 0 Å². The molecule has 120 valence electrons. The molecule has 4 rings (SSSR count). The van der Waals surface area contributed by atoms with Gasteiger partial charge in [0, 0.05) is 0 Å². The number of hydrogen-bond acceptors (Lipinski definition) is 10. The van der Waals surface area contributed by atoms with E-state index in [-0.39, 0.29) is 33.0 Å². The van der Waals surface area contributed by atoms with Crippen LogP contribution in [0.15, 0.2) is 22.7 Å². The number of rotatable bonds is 0. The van der Waals surface area contributed by atoms with Gasteiger partial charge in [0.25, 0.3) is 0 Å². The van der Waals surface area contributed by atoms with Gasteiger partial charge in [0.1, 0.15) is 0 Å². The van der Waals surface area contributed by atoms with E-state index in [0.29, 0.717) is 32.4 Å². The first kappa shape index (κ1) is 17.2. The van der Waals surface area contributed by atoms with Gasteiger partial charge in [-0.3, -0.25) is 0 Å². The average molecular weight is 527 g/mol. The monoisotopic (exact) mass is 527 g/mol. The molecule has 0 aliphatic rings. The molecule has 6 N–H and O–H groups in total. The van der Waals surface area contributed by atoms with E-state index in [1.54, 1.807) is 0 Å². The molecule has 4 aromatic heterocycles. The van der Waals surface area contributed by atoms with Crippen LogP contribution in [0.25, 0.3) is 22.3 Å². The third-order valence-electron chi connectivity index (χ3n) is 2.54. The summed E-state index contributed by atoms with van der Waals surface area (Å²) in [6.07, 6.45) is 3.02. The van der Waals surface area contributed by atoms with Crippen molar-refractivity contribution >= 4 is 59.5 Å². The van der Waals surface area contributed by atoms with E-state index in [4.69, 9.17) is 36.7 Å². The predicted octanol–water partition coefficient (Wildman–Crippen LogP) is -0.321. The summed E-state index contributed by atoms with van der Waals surface area (Å²) in [5.41, 5.74) is 13.0. The molecule has 0 bridgehead atoms. The van der Waals surface area contributed by atoms with Gasteiger partial charge < -0.3 is 46.7 Å². The zero-order valence-electron chi connectivity index (χ0n) is 11.1. The molecule has 0 amide bonds. The molecule has 0 fully saturated rings. The van der Waals surface area contributed by atoms with Gasteiger partial charge in [-0.2, -0.15) is 9.97 Å². The summed E-state index contributed by atoms with van der Waals surface area (Å²) >= 11 is 9.79. The van der Waals surface area contributed by atoms with Gasteiger partial charge in [-0.05, 0) is 0 Å². The van der Waals surface area contributed by atoms with Crippen molar-refractivity contribution in [3.05, 3.63) is 12.7 Å². The number of nitrogens with two attached hydrogens (primary N) is 2. The molecule has 0 aromatic carbocycles. The summed E-state index contributed by atoms with van der Waals surface area (Å²) in [6, 6.07) is 0. The molecule has 10 nitrogen and oxygen atoms in total. The van der Waals surface area contributed by atoms with Crippen LogP contribution in [-0.2, 0) is 46.3 Å². The van der Waals surface area contributed by atoms with Gasteiger partial charge in [-0.15, -0.1) is 0 Å². The van der Waals surface area contributed by atoms with Crippen LogP contribution in [-0.4, -0.2) is 39.9 Å². The fourth-order valence-electron chi connectivity index (χ4n) is 1.65. The Morgan fingerprint density at radius 2 is 1.13 bits per heavy atom. The number of nitrogens with zero attached hydrogens (tertiary/aromatic N) is 6. The summed E-state index contributed by atoms with van der Waals surface area (Å²) < 4.78 is 0. The summed E-state index contributed by atoms with van der Waals surface area (Å²) in [7, 11) is 0. The number of H-pyrrole nitrogens is 2. The summed E-state index contributed by atoms with van der Waals surface area (Å²) in [4.78, 5) is 28.7. The van der Waals surface area contributed by atoms with Crippen LogP contribution in [0.5, 0.6) is 0 Å². The van der Waals surface area contributed by atoms with Crippen LogP contribution in [0.2, 0.25) is 0 Å². The van der Waals surface area contributed by atoms with Crippen molar-refractivity contribution in [2.45, 2.75) is 10.1 Å². The van der Waals surface area contributed by atoms with Gasteiger partial charge >= 0.3 is 21.1 Å². The number of aromatic nitrogens is 8. The van der Waals surface area contributed by atoms with Crippen molar-refractivity contribution < 1.29 is 21.1 Å². The van der Waals surface area contributed by atoms with E-state index in [0.717, 1.165) is 0 Å². The van der Waals surface area contributed by atoms with Crippen LogP contribution in [0.3, 0.4) is 0 Å². The number of nitrogens with one attached hydrogen (secondary N) is 2. The molecular formula is C10H8N10PtS2. The fourth-order valence-corrected chi connectivity index (χ4v) is 2.13. The van der Waals surface area contributed by atoms with Crippen molar-refractivity contribution in [1.82, 2.24) is 39.9 Å². The zero-order valence-corrected chi connectivity index (χ0v) is 15.0. The van der Waals surface area contributed by atoms with Crippen LogP contribution in [0.1, 0.15) is 0 Å². The van der Waals surface area contributed by atoms with Crippen LogP contribution < -0.4 is 11.5 Å². The van der Waals surface area contributed by atoms with E-state index in [2.05, 4.69) is 39.9 Å². The normalized spacial score (nSPS) is 10.1. The van der Waals surface area contributed by atoms with E-state index >= 15 is 0 Å². The topological polar surface area (TPSA) is 161 Å². The van der Waals surface area contributed by atoms with Gasteiger partial charge in [0.15, 0.2) is 11.3 Å². The second-order valence-electron chi connectivity index (χ2n) is 3.98. The second-order valence-corrected chi connectivity index (χ2v) is 4.75. The standard InChI is InChI=1S/2C5H5N5S.Pt/c2*6-5-9-3-2(4(11)10-5)7-1-8-3;/h2*1H,(H4,6,7,8,9,10,11);/q;;+2/p-2. The molecule has 0 aliphatic carbocycles. The Morgan fingerprint density at radius 1 is 0.739 bits per heavy atom. The first-order chi connectivity index (χ1) is 10.5. The van der Waals surface area contributed by atoms with Crippen molar-refractivity contribution in [1.29, 1.82) is 0 Å². The number of imidazole rings is 2. The van der Waals surface area contributed by atoms with E-state index < -0.39 is 0 Å². The SMILES string of the molecule is Nc1nc([S-])c2[nH]cnc2n1.Nc1nc([S-])c2[nH]cnc2n1.[Pt+2]. The first-order valence-corrected chi connectivity index (χ1v) is 6.63. The summed E-state index contributed by atoms with van der Waals surface area (Å²) in [5.74, 6) is 0.323. The minimum absolute atomic E-state index is 0. The maximum absolute atomic E-state index is 5.34. The maximum Gasteiger partial charge on any atom is 2.00 e. The van der Waals surface area contributed by atoms with Crippen molar-refractivity contribution in [2.24, 2.45) is 0 Å². The molecule has 4 aromatic rings. The second kappa shape index (κ2) is 6.94. The maximum atomic E-state index is 5.34. The Bertz CT molecular complexity index is 873. The number of fused-ring (bicyclic) bond motifs is 2. The molecule has 0 aliphatic heterocycles. The molecule has 0 atom stereocenters. The van der Waals surface area contributed by atoms with Gasteiger partial charge in [-0.25, -0.2) is 19.9 Å². The van der Waals surface area contributed by atoms with Crippen LogP contribution in [0, 0.1) is 0 Å². The fraction of sp³-hybridized carbons (Fsp3) is 0. The number of nitrogen functional groups attached to an aromatic ring is 2. The average Bonchev–Trinajstić information content (AvgIpc) is 3.07. The molecule has 0 radical (unpaired) electrons. The smallest absolute Gasteiger partial charge is 0.758 e. The van der Waals surface area contributed by atoms with E-state index in [1.807, 2.05) is 0 Å². The number of aromatic amines is 2. The Kier molecular flexibility index (Phi) is 5.18. The molecule has 0 saturated heterocycles. The molecule has 0 spiro atoms. The Hall–Kier alpha value is -2.17. The third kappa shape index (κ3) is 3.60. The molecule has 0 saturated carbocycles. The van der Waals surface area contributed by atoms with Gasteiger partial charge in [0.05, 0.1) is 23.7 Å². The van der Waals surface area contributed by atoms with E-state index in [1.165, 1.54) is 12.7 Å². The molecule has 0 unspecified atom stereocenters.